The van der Waals surface area contributed by atoms with Crippen molar-refractivity contribution in [1.29, 1.82) is 0 Å². The first-order chi connectivity index (χ1) is 14.2. The van der Waals surface area contributed by atoms with Gasteiger partial charge in [-0.1, -0.05) is 46.6 Å². The zero-order valence-corrected chi connectivity index (χ0v) is 19.2. The molecule has 2 aromatic carbocycles. The topological polar surface area (TPSA) is 76.0 Å². The summed E-state index contributed by atoms with van der Waals surface area (Å²) in [7, 11) is -3.18. The van der Waals surface area contributed by atoms with Gasteiger partial charge in [0.2, 0.25) is 0 Å². The molecule has 2 heterocycles. The van der Waals surface area contributed by atoms with Crippen LogP contribution in [0.1, 0.15) is 0 Å². The van der Waals surface area contributed by atoms with E-state index in [1.807, 2.05) is 0 Å². The number of amidine groups is 1. The number of halogens is 3. The van der Waals surface area contributed by atoms with Crippen molar-refractivity contribution in [3.05, 3.63) is 57.5 Å². The average molecular weight is 506 g/mol. The van der Waals surface area contributed by atoms with Crippen LogP contribution in [0, 0.1) is 0 Å². The molecule has 0 unspecified atom stereocenters. The fraction of sp³-hybridized carbons (Fsp3) is 0.263. The Morgan fingerprint density at radius 1 is 1.10 bits per heavy atom. The fourth-order valence-corrected chi connectivity index (χ4v) is 7.89. The van der Waals surface area contributed by atoms with Crippen LogP contribution >= 0.6 is 46.6 Å². The quantitative estimate of drug-likeness (QED) is 0.616. The van der Waals surface area contributed by atoms with Crippen molar-refractivity contribution in [2.75, 3.05) is 23.0 Å². The van der Waals surface area contributed by atoms with Crippen LogP contribution in [0.25, 0.3) is 0 Å². The van der Waals surface area contributed by atoms with E-state index in [4.69, 9.17) is 39.5 Å². The zero-order chi connectivity index (χ0) is 21.5. The van der Waals surface area contributed by atoms with Gasteiger partial charge < -0.3 is 9.64 Å². The van der Waals surface area contributed by atoms with Crippen molar-refractivity contribution in [3.63, 3.8) is 0 Å². The predicted molar refractivity (Wildman–Crippen MR) is 122 cm³/mol. The Morgan fingerprint density at radius 2 is 1.80 bits per heavy atom. The monoisotopic (exact) mass is 504 g/mol. The average Bonchev–Trinajstić information content (AvgIpc) is 3.13. The van der Waals surface area contributed by atoms with Crippen LogP contribution in [0.2, 0.25) is 15.1 Å². The van der Waals surface area contributed by atoms with Gasteiger partial charge in [0, 0.05) is 15.3 Å². The minimum Gasteiger partial charge on any atom is -0.484 e. The molecule has 2 aliphatic rings. The van der Waals surface area contributed by atoms with E-state index in [-0.39, 0.29) is 29.4 Å². The maximum absolute atomic E-state index is 12.5. The van der Waals surface area contributed by atoms with E-state index in [1.54, 1.807) is 47.4 Å². The lowest BCUT2D eigenvalue weighted by Gasteiger charge is -2.25. The number of amides is 1. The molecule has 0 radical (unpaired) electrons. The second-order valence-corrected chi connectivity index (χ2v) is 11.4. The summed E-state index contributed by atoms with van der Waals surface area (Å²) in [6.07, 6.45) is 0. The van der Waals surface area contributed by atoms with E-state index in [9.17, 15) is 13.2 Å². The Morgan fingerprint density at radius 3 is 2.50 bits per heavy atom. The molecule has 2 fully saturated rings. The third-order valence-electron chi connectivity index (χ3n) is 4.63. The van der Waals surface area contributed by atoms with Gasteiger partial charge in [0.15, 0.2) is 21.6 Å². The molecule has 2 aliphatic heterocycles. The van der Waals surface area contributed by atoms with Gasteiger partial charge in [-0.05, 0) is 42.5 Å². The smallest absolute Gasteiger partial charge is 0.285 e. The molecule has 0 aliphatic carbocycles. The predicted octanol–water partition coefficient (Wildman–Crippen LogP) is 4.33. The minimum absolute atomic E-state index is 0.0263. The summed E-state index contributed by atoms with van der Waals surface area (Å²) in [5, 5.41) is 1.54. The van der Waals surface area contributed by atoms with Crippen molar-refractivity contribution in [1.82, 2.24) is 0 Å². The molecule has 0 spiro atoms. The van der Waals surface area contributed by atoms with Crippen molar-refractivity contribution >= 4 is 73.2 Å². The highest BCUT2D eigenvalue weighted by Crippen LogP contribution is 2.43. The number of rotatable bonds is 4. The van der Waals surface area contributed by atoms with Gasteiger partial charge in [-0.15, -0.1) is 0 Å². The van der Waals surface area contributed by atoms with Gasteiger partial charge in [-0.25, -0.2) is 8.42 Å². The first kappa shape index (κ1) is 21.8. The van der Waals surface area contributed by atoms with E-state index >= 15 is 0 Å². The van der Waals surface area contributed by atoms with E-state index in [0.29, 0.717) is 31.7 Å². The van der Waals surface area contributed by atoms with Gasteiger partial charge in [-0.2, -0.15) is 4.99 Å². The number of carbonyl (C=O) groups excluding carboxylic acids is 1. The molecule has 0 bridgehead atoms. The second-order valence-electron chi connectivity index (χ2n) is 6.80. The molecule has 158 valence electrons. The molecule has 30 heavy (non-hydrogen) atoms. The normalized spacial score (nSPS) is 23.6. The molecule has 6 nitrogen and oxygen atoms in total. The SMILES string of the molecule is O=C(COc1ccc(Cl)cc1)N=C1S[C@@H]2CS(=O)(=O)C[C@@H]2N1c1ccc(Cl)cc1Cl. The van der Waals surface area contributed by atoms with Crippen LogP contribution in [-0.4, -0.2) is 48.9 Å². The third kappa shape index (κ3) is 4.73. The van der Waals surface area contributed by atoms with E-state index in [2.05, 4.69) is 4.99 Å². The van der Waals surface area contributed by atoms with Crippen LogP contribution in [0.3, 0.4) is 0 Å². The van der Waals surface area contributed by atoms with Crippen molar-refractivity contribution in [2.24, 2.45) is 4.99 Å². The van der Waals surface area contributed by atoms with Crippen LogP contribution in [0.15, 0.2) is 47.5 Å². The minimum atomic E-state index is -3.18. The number of benzene rings is 2. The zero-order valence-electron chi connectivity index (χ0n) is 15.3. The standard InChI is InChI=1S/C19H15Cl3N2O4S2/c20-11-1-4-13(5-2-11)28-8-18(25)23-19-24(15-6-3-12(21)7-14(15)22)16-9-30(26,27)10-17(16)29-19/h1-7,16-17H,8-10H2/t16-,17+/m0/s1. The summed E-state index contributed by atoms with van der Waals surface area (Å²) in [5.74, 6) is -0.00523. The van der Waals surface area contributed by atoms with Crippen LogP contribution < -0.4 is 9.64 Å². The molecule has 0 aromatic heterocycles. The lowest BCUT2D eigenvalue weighted by atomic mass is 10.2. The number of nitrogens with zero attached hydrogens (tertiary/aromatic N) is 2. The molecule has 2 aromatic rings. The van der Waals surface area contributed by atoms with E-state index in [1.165, 1.54) is 11.8 Å². The highest BCUT2D eigenvalue weighted by molar-refractivity contribution is 8.16. The molecule has 2 atom stereocenters. The molecule has 11 heteroatoms. The number of hydrogen-bond acceptors (Lipinski definition) is 5. The third-order valence-corrected chi connectivity index (χ3v) is 8.63. The Bertz CT molecular complexity index is 1120. The number of ether oxygens (including phenoxy) is 1. The summed E-state index contributed by atoms with van der Waals surface area (Å²) in [5.41, 5.74) is 0.559. The van der Waals surface area contributed by atoms with E-state index < -0.39 is 15.7 Å². The fourth-order valence-electron chi connectivity index (χ4n) is 3.34. The van der Waals surface area contributed by atoms with Gasteiger partial charge >= 0.3 is 0 Å². The summed E-state index contributed by atoms with van der Waals surface area (Å²) < 4.78 is 29.7. The maximum Gasteiger partial charge on any atom is 0.285 e. The molecule has 0 N–H and O–H groups in total. The number of fused-ring (bicyclic) bond motifs is 1. The lowest BCUT2D eigenvalue weighted by molar-refractivity contribution is -0.119. The highest BCUT2D eigenvalue weighted by Gasteiger charge is 2.49. The Hall–Kier alpha value is -1.45. The first-order valence-electron chi connectivity index (χ1n) is 8.83. The number of thioether (sulfide) groups is 1. The largest absolute Gasteiger partial charge is 0.484 e. The van der Waals surface area contributed by atoms with E-state index in [0.717, 1.165) is 0 Å². The maximum atomic E-state index is 12.5. The Labute approximate surface area is 193 Å². The summed E-state index contributed by atoms with van der Waals surface area (Å²) in [6, 6.07) is 11.2. The molecular weight excluding hydrogens is 491 g/mol. The summed E-state index contributed by atoms with van der Waals surface area (Å²) >= 11 is 19.5. The number of hydrogen-bond donors (Lipinski definition) is 0. The number of sulfone groups is 1. The summed E-state index contributed by atoms with van der Waals surface area (Å²) in [4.78, 5) is 18.4. The van der Waals surface area contributed by atoms with Gasteiger partial charge in [0.1, 0.15) is 5.75 Å². The summed E-state index contributed by atoms with van der Waals surface area (Å²) in [6.45, 7) is -0.262. The van der Waals surface area contributed by atoms with Gasteiger partial charge in [0.05, 0.1) is 28.3 Å². The first-order valence-corrected chi connectivity index (χ1v) is 12.7. The number of carbonyl (C=O) groups is 1. The molecule has 1 amide bonds. The molecule has 4 rings (SSSR count). The van der Waals surface area contributed by atoms with Crippen molar-refractivity contribution in [3.8, 4) is 5.75 Å². The van der Waals surface area contributed by atoms with Gasteiger partial charge in [-0.3, -0.25) is 4.79 Å². The lowest BCUT2D eigenvalue weighted by Crippen LogP contribution is -2.38. The number of anilines is 1. The second kappa shape index (κ2) is 8.59. The highest BCUT2D eigenvalue weighted by atomic mass is 35.5. The van der Waals surface area contributed by atoms with Crippen molar-refractivity contribution in [2.45, 2.75) is 11.3 Å². The molecule has 2 saturated heterocycles. The van der Waals surface area contributed by atoms with Crippen LogP contribution in [0.5, 0.6) is 5.75 Å². The Kier molecular flexibility index (Phi) is 6.23. The van der Waals surface area contributed by atoms with Crippen molar-refractivity contribution < 1.29 is 17.9 Å². The van der Waals surface area contributed by atoms with Gasteiger partial charge in [0.25, 0.3) is 5.91 Å². The molecule has 0 saturated carbocycles. The molecular formula is C19H15Cl3N2O4S2. The number of aliphatic imine (C=N–C) groups is 1. The van der Waals surface area contributed by atoms with Crippen LogP contribution in [-0.2, 0) is 14.6 Å². The van der Waals surface area contributed by atoms with Crippen LogP contribution in [0.4, 0.5) is 5.69 Å². The Balaban J connectivity index is 1.58.